The highest BCUT2D eigenvalue weighted by Gasteiger charge is 2.17. The summed E-state index contributed by atoms with van der Waals surface area (Å²) in [4.78, 5) is 4.27. The Morgan fingerprint density at radius 3 is 2.47 bits per heavy atom. The van der Waals surface area contributed by atoms with Crippen LogP contribution in [0.25, 0.3) is 0 Å². The molecule has 1 atom stereocenters. The summed E-state index contributed by atoms with van der Waals surface area (Å²) in [6, 6.07) is 9.32. The van der Waals surface area contributed by atoms with Crippen LogP contribution in [-0.4, -0.2) is 19.2 Å². The quantitative estimate of drug-likeness (QED) is 0.915. The molecule has 0 amide bonds. The molecule has 0 saturated carbocycles. The molecule has 2 N–H and O–H groups in total. The largest absolute Gasteiger partial charge is 0.493 e. The maximum atomic E-state index is 6.29. The van der Waals surface area contributed by atoms with E-state index < -0.39 is 0 Å². The molecule has 1 aromatic heterocycles. The predicted octanol–water partition coefficient (Wildman–Crippen LogP) is 2.46. The van der Waals surface area contributed by atoms with Crippen LogP contribution in [0.3, 0.4) is 0 Å². The second-order valence-corrected chi connectivity index (χ2v) is 4.29. The van der Waals surface area contributed by atoms with Crippen LogP contribution in [-0.2, 0) is 0 Å². The Morgan fingerprint density at radius 2 is 1.89 bits per heavy atom. The van der Waals surface area contributed by atoms with Gasteiger partial charge >= 0.3 is 0 Å². The molecule has 1 unspecified atom stereocenters. The molecule has 0 aliphatic heterocycles. The molecule has 0 aliphatic rings. The first-order chi connectivity index (χ1) is 9.17. The molecule has 1 heterocycles. The summed E-state index contributed by atoms with van der Waals surface area (Å²) in [5.41, 5.74) is 9.08. The minimum atomic E-state index is -0.293. The highest BCUT2D eigenvalue weighted by atomic mass is 16.5. The topological polar surface area (TPSA) is 57.4 Å². The third-order valence-electron chi connectivity index (χ3n) is 3.06. The van der Waals surface area contributed by atoms with Crippen molar-refractivity contribution in [3.8, 4) is 11.5 Å². The van der Waals surface area contributed by atoms with Crippen LogP contribution in [0.1, 0.15) is 22.9 Å². The molecule has 0 radical (unpaired) electrons. The summed E-state index contributed by atoms with van der Waals surface area (Å²) < 4.78 is 10.7. The standard InChI is InChI=1S/C15H18N2O2/c1-10-7-8-11(9-17-10)14(16)12-5-4-6-13(18-2)15(12)19-3/h4-9,14H,16H2,1-3H3. The number of methoxy groups -OCH3 is 2. The van der Waals surface area contributed by atoms with E-state index in [1.807, 2.05) is 37.3 Å². The average molecular weight is 258 g/mol. The lowest BCUT2D eigenvalue weighted by atomic mass is 9.99. The molecule has 19 heavy (non-hydrogen) atoms. The van der Waals surface area contributed by atoms with Crippen molar-refractivity contribution < 1.29 is 9.47 Å². The fraction of sp³-hybridized carbons (Fsp3) is 0.267. The van der Waals surface area contributed by atoms with Gasteiger partial charge in [0.15, 0.2) is 11.5 Å². The monoisotopic (exact) mass is 258 g/mol. The Balaban J connectivity index is 2.43. The number of aromatic nitrogens is 1. The van der Waals surface area contributed by atoms with Crippen molar-refractivity contribution in [2.24, 2.45) is 5.73 Å². The molecule has 100 valence electrons. The van der Waals surface area contributed by atoms with Crippen LogP contribution >= 0.6 is 0 Å². The zero-order valence-corrected chi connectivity index (χ0v) is 11.4. The van der Waals surface area contributed by atoms with Crippen molar-refractivity contribution in [1.82, 2.24) is 4.98 Å². The first-order valence-corrected chi connectivity index (χ1v) is 6.06. The Labute approximate surface area is 113 Å². The lowest BCUT2D eigenvalue weighted by Gasteiger charge is -2.18. The summed E-state index contributed by atoms with van der Waals surface area (Å²) in [6.45, 7) is 1.95. The van der Waals surface area contributed by atoms with E-state index in [0.717, 1.165) is 16.8 Å². The number of hydrogen-bond acceptors (Lipinski definition) is 4. The molecule has 0 saturated heterocycles. The van der Waals surface area contributed by atoms with E-state index in [9.17, 15) is 0 Å². The van der Waals surface area contributed by atoms with E-state index in [4.69, 9.17) is 15.2 Å². The number of benzene rings is 1. The molecule has 0 fully saturated rings. The summed E-state index contributed by atoms with van der Waals surface area (Å²) in [5, 5.41) is 0. The Kier molecular flexibility index (Phi) is 4.02. The van der Waals surface area contributed by atoms with Gasteiger partial charge < -0.3 is 15.2 Å². The van der Waals surface area contributed by atoms with Gasteiger partial charge in [0.25, 0.3) is 0 Å². The number of rotatable bonds is 4. The molecule has 4 nitrogen and oxygen atoms in total. The molecular formula is C15H18N2O2. The van der Waals surface area contributed by atoms with Gasteiger partial charge in [-0.3, -0.25) is 4.98 Å². The lowest BCUT2D eigenvalue weighted by Crippen LogP contribution is -2.13. The number of nitrogens with two attached hydrogens (primary N) is 1. The van der Waals surface area contributed by atoms with Crippen LogP contribution in [0.4, 0.5) is 0 Å². The van der Waals surface area contributed by atoms with Gasteiger partial charge in [-0.25, -0.2) is 0 Å². The van der Waals surface area contributed by atoms with Crippen molar-refractivity contribution in [3.63, 3.8) is 0 Å². The summed E-state index contributed by atoms with van der Waals surface area (Å²) >= 11 is 0. The van der Waals surface area contributed by atoms with Crippen LogP contribution in [0, 0.1) is 6.92 Å². The Morgan fingerprint density at radius 1 is 1.11 bits per heavy atom. The maximum absolute atomic E-state index is 6.29. The number of para-hydroxylation sites is 1. The lowest BCUT2D eigenvalue weighted by molar-refractivity contribution is 0.350. The van der Waals surface area contributed by atoms with Gasteiger partial charge in [0, 0.05) is 17.5 Å². The highest BCUT2D eigenvalue weighted by molar-refractivity contribution is 5.50. The number of nitrogens with zero attached hydrogens (tertiary/aromatic N) is 1. The molecule has 0 bridgehead atoms. The summed E-state index contributed by atoms with van der Waals surface area (Å²) in [5.74, 6) is 1.34. The van der Waals surface area contributed by atoms with Crippen LogP contribution in [0.2, 0.25) is 0 Å². The average Bonchev–Trinajstić information content (AvgIpc) is 2.46. The van der Waals surface area contributed by atoms with E-state index in [1.165, 1.54) is 0 Å². The Hall–Kier alpha value is -2.07. The van der Waals surface area contributed by atoms with Crippen molar-refractivity contribution in [1.29, 1.82) is 0 Å². The van der Waals surface area contributed by atoms with E-state index in [-0.39, 0.29) is 6.04 Å². The maximum Gasteiger partial charge on any atom is 0.165 e. The zero-order valence-electron chi connectivity index (χ0n) is 11.4. The van der Waals surface area contributed by atoms with Gasteiger partial charge in [-0.2, -0.15) is 0 Å². The van der Waals surface area contributed by atoms with Gasteiger partial charge in [-0.15, -0.1) is 0 Å². The predicted molar refractivity (Wildman–Crippen MR) is 74.6 cm³/mol. The summed E-state index contributed by atoms with van der Waals surface area (Å²) in [7, 11) is 3.22. The number of aryl methyl sites for hydroxylation is 1. The normalized spacial score (nSPS) is 12.0. The minimum Gasteiger partial charge on any atom is -0.493 e. The third kappa shape index (κ3) is 2.69. The fourth-order valence-corrected chi connectivity index (χ4v) is 2.00. The van der Waals surface area contributed by atoms with Crippen molar-refractivity contribution in [2.45, 2.75) is 13.0 Å². The second-order valence-electron chi connectivity index (χ2n) is 4.29. The molecule has 0 spiro atoms. The van der Waals surface area contributed by atoms with E-state index >= 15 is 0 Å². The van der Waals surface area contributed by atoms with Crippen molar-refractivity contribution in [2.75, 3.05) is 14.2 Å². The van der Waals surface area contributed by atoms with Crippen LogP contribution < -0.4 is 15.2 Å². The molecule has 2 aromatic rings. The van der Waals surface area contributed by atoms with Crippen LogP contribution in [0.15, 0.2) is 36.5 Å². The van der Waals surface area contributed by atoms with E-state index in [0.29, 0.717) is 11.5 Å². The molecule has 0 aliphatic carbocycles. The molecule has 2 rings (SSSR count). The number of pyridine rings is 1. The zero-order chi connectivity index (χ0) is 13.8. The van der Waals surface area contributed by atoms with E-state index in [2.05, 4.69) is 4.98 Å². The fourth-order valence-electron chi connectivity index (χ4n) is 2.00. The first kappa shape index (κ1) is 13.4. The van der Waals surface area contributed by atoms with E-state index in [1.54, 1.807) is 20.4 Å². The molecule has 4 heteroatoms. The van der Waals surface area contributed by atoms with Gasteiger partial charge in [0.1, 0.15) is 0 Å². The number of hydrogen-bond donors (Lipinski definition) is 1. The highest BCUT2D eigenvalue weighted by Crippen LogP contribution is 2.35. The summed E-state index contributed by atoms with van der Waals surface area (Å²) in [6.07, 6.45) is 1.79. The minimum absolute atomic E-state index is 0.293. The van der Waals surface area contributed by atoms with Gasteiger partial charge in [0.05, 0.1) is 20.3 Å². The van der Waals surface area contributed by atoms with Crippen molar-refractivity contribution >= 4 is 0 Å². The number of ether oxygens (including phenoxy) is 2. The van der Waals surface area contributed by atoms with Gasteiger partial charge in [-0.1, -0.05) is 18.2 Å². The second kappa shape index (κ2) is 5.71. The van der Waals surface area contributed by atoms with Gasteiger partial charge in [-0.05, 0) is 24.6 Å². The smallest absolute Gasteiger partial charge is 0.165 e. The third-order valence-corrected chi connectivity index (χ3v) is 3.06. The van der Waals surface area contributed by atoms with Crippen molar-refractivity contribution in [3.05, 3.63) is 53.3 Å². The Bertz CT molecular complexity index is 553. The molecular weight excluding hydrogens is 240 g/mol. The molecule has 1 aromatic carbocycles. The SMILES string of the molecule is COc1cccc(C(N)c2ccc(C)nc2)c1OC. The van der Waals surface area contributed by atoms with Crippen LogP contribution in [0.5, 0.6) is 11.5 Å². The van der Waals surface area contributed by atoms with Gasteiger partial charge in [0.2, 0.25) is 0 Å². The first-order valence-electron chi connectivity index (χ1n) is 6.06.